The molecule has 2 aliphatic heterocycles. The molecule has 0 aliphatic carbocycles. The standard InChI is InChI=1S/C19H23ClN4/c20-16-4-3-5-17(14-16)23-12-10-22(11-13-23)15-24-9-8-21-18-6-1-2-7-19(18)24/h1-7,14,21H,8-13,15H2. The molecule has 126 valence electrons. The van der Waals surface area contributed by atoms with Crippen LogP contribution in [0.25, 0.3) is 0 Å². The van der Waals surface area contributed by atoms with E-state index < -0.39 is 0 Å². The lowest BCUT2D eigenvalue weighted by Gasteiger charge is -2.40. The number of piperazine rings is 1. The molecular weight excluding hydrogens is 320 g/mol. The van der Waals surface area contributed by atoms with Crippen molar-refractivity contribution >= 4 is 28.7 Å². The normalized spacial score (nSPS) is 18.2. The number of rotatable bonds is 3. The highest BCUT2D eigenvalue weighted by molar-refractivity contribution is 6.30. The second kappa shape index (κ2) is 6.91. The first-order chi connectivity index (χ1) is 11.8. The van der Waals surface area contributed by atoms with Gasteiger partial charge in [0.25, 0.3) is 0 Å². The molecule has 24 heavy (non-hydrogen) atoms. The number of hydrogen-bond acceptors (Lipinski definition) is 4. The molecular formula is C19H23ClN4. The number of para-hydroxylation sites is 2. The Bertz CT molecular complexity index is 697. The summed E-state index contributed by atoms with van der Waals surface area (Å²) in [7, 11) is 0. The minimum atomic E-state index is 0.812. The average molecular weight is 343 g/mol. The Hall–Kier alpha value is -1.91. The SMILES string of the molecule is Clc1cccc(N2CCN(CN3CCNc4ccccc43)CC2)c1. The molecule has 2 aromatic rings. The van der Waals surface area contributed by atoms with Crippen molar-refractivity contribution < 1.29 is 0 Å². The van der Waals surface area contributed by atoms with Crippen LogP contribution in [0.15, 0.2) is 48.5 Å². The molecule has 1 saturated heterocycles. The lowest BCUT2D eigenvalue weighted by molar-refractivity contribution is 0.257. The largest absolute Gasteiger partial charge is 0.382 e. The highest BCUT2D eigenvalue weighted by Crippen LogP contribution is 2.28. The number of nitrogens with zero attached hydrogens (tertiary/aromatic N) is 3. The predicted octanol–water partition coefficient (Wildman–Crippen LogP) is 3.35. The average Bonchev–Trinajstić information content (AvgIpc) is 2.63. The van der Waals surface area contributed by atoms with Crippen LogP contribution < -0.4 is 15.1 Å². The van der Waals surface area contributed by atoms with Crippen LogP contribution in [0.1, 0.15) is 0 Å². The van der Waals surface area contributed by atoms with Gasteiger partial charge in [-0.1, -0.05) is 29.8 Å². The molecule has 2 aliphatic rings. The van der Waals surface area contributed by atoms with Gasteiger partial charge in [0, 0.05) is 50.0 Å². The predicted molar refractivity (Wildman–Crippen MR) is 102 cm³/mol. The topological polar surface area (TPSA) is 21.8 Å². The molecule has 1 fully saturated rings. The summed E-state index contributed by atoms with van der Waals surface area (Å²) in [5, 5.41) is 4.30. The zero-order chi connectivity index (χ0) is 16.4. The van der Waals surface area contributed by atoms with Gasteiger partial charge in [-0.2, -0.15) is 0 Å². The lowest BCUT2D eigenvalue weighted by Crippen LogP contribution is -2.51. The highest BCUT2D eigenvalue weighted by atomic mass is 35.5. The third kappa shape index (κ3) is 3.30. The van der Waals surface area contributed by atoms with Crippen LogP contribution in [0.4, 0.5) is 17.1 Å². The zero-order valence-corrected chi connectivity index (χ0v) is 14.5. The van der Waals surface area contributed by atoms with Gasteiger partial charge in [-0.15, -0.1) is 0 Å². The van der Waals surface area contributed by atoms with Crippen molar-refractivity contribution in [2.24, 2.45) is 0 Å². The second-order valence-electron chi connectivity index (χ2n) is 6.43. The van der Waals surface area contributed by atoms with E-state index >= 15 is 0 Å². The summed E-state index contributed by atoms with van der Waals surface area (Å²) >= 11 is 6.12. The second-order valence-corrected chi connectivity index (χ2v) is 6.87. The van der Waals surface area contributed by atoms with E-state index in [0.717, 1.165) is 51.0 Å². The van der Waals surface area contributed by atoms with Gasteiger partial charge in [-0.3, -0.25) is 4.90 Å². The van der Waals surface area contributed by atoms with E-state index in [1.165, 1.54) is 17.1 Å². The Morgan fingerprint density at radius 1 is 0.917 bits per heavy atom. The molecule has 0 spiro atoms. The van der Waals surface area contributed by atoms with Crippen molar-refractivity contribution in [3.63, 3.8) is 0 Å². The van der Waals surface area contributed by atoms with Gasteiger partial charge in [-0.05, 0) is 30.3 Å². The molecule has 0 saturated carbocycles. The Morgan fingerprint density at radius 2 is 1.75 bits per heavy atom. The van der Waals surface area contributed by atoms with E-state index in [0.29, 0.717) is 0 Å². The summed E-state index contributed by atoms with van der Waals surface area (Å²) in [6.07, 6.45) is 0. The van der Waals surface area contributed by atoms with E-state index in [-0.39, 0.29) is 0 Å². The fourth-order valence-electron chi connectivity index (χ4n) is 3.55. The van der Waals surface area contributed by atoms with Gasteiger partial charge in [0.15, 0.2) is 0 Å². The first-order valence-electron chi connectivity index (χ1n) is 8.60. The van der Waals surface area contributed by atoms with Crippen LogP contribution in [-0.4, -0.2) is 50.8 Å². The molecule has 5 heteroatoms. The highest BCUT2D eigenvalue weighted by Gasteiger charge is 2.22. The fraction of sp³-hybridized carbons (Fsp3) is 0.368. The van der Waals surface area contributed by atoms with Crippen LogP contribution in [0.3, 0.4) is 0 Å². The molecule has 4 rings (SSSR count). The molecule has 4 nitrogen and oxygen atoms in total. The number of anilines is 3. The lowest BCUT2D eigenvalue weighted by atomic mass is 10.2. The molecule has 0 aromatic heterocycles. The van der Waals surface area contributed by atoms with Gasteiger partial charge in [0.1, 0.15) is 0 Å². The number of hydrogen-bond donors (Lipinski definition) is 1. The van der Waals surface area contributed by atoms with E-state index in [2.05, 4.69) is 56.4 Å². The minimum Gasteiger partial charge on any atom is -0.382 e. The molecule has 0 atom stereocenters. The van der Waals surface area contributed by atoms with Crippen LogP contribution in [0.5, 0.6) is 0 Å². The van der Waals surface area contributed by atoms with Crippen molar-refractivity contribution in [3.8, 4) is 0 Å². The Labute approximate surface area is 148 Å². The smallest absolute Gasteiger partial charge is 0.0709 e. The quantitative estimate of drug-likeness (QED) is 0.923. The Kier molecular flexibility index (Phi) is 4.50. The number of halogens is 1. The summed E-state index contributed by atoms with van der Waals surface area (Å²) in [5.41, 5.74) is 3.80. The maximum atomic E-state index is 6.12. The summed E-state index contributed by atoms with van der Waals surface area (Å²) < 4.78 is 0. The molecule has 2 heterocycles. The summed E-state index contributed by atoms with van der Waals surface area (Å²) in [5.74, 6) is 0. The number of fused-ring (bicyclic) bond motifs is 1. The van der Waals surface area contributed by atoms with Gasteiger partial charge in [0.2, 0.25) is 0 Å². The third-order valence-corrected chi connectivity index (χ3v) is 5.09. The zero-order valence-electron chi connectivity index (χ0n) is 13.8. The number of benzene rings is 2. The summed E-state index contributed by atoms with van der Waals surface area (Å²) in [4.78, 5) is 7.46. The van der Waals surface area contributed by atoms with E-state index in [1.54, 1.807) is 0 Å². The van der Waals surface area contributed by atoms with Gasteiger partial charge in [-0.25, -0.2) is 0 Å². The van der Waals surface area contributed by atoms with Gasteiger partial charge < -0.3 is 15.1 Å². The fourth-order valence-corrected chi connectivity index (χ4v) is 3.74. The Balaban J connectivity index is 1.37. The monoisotopic (exact) mass is 342 g/mol. The molecule has 2 aromatic carbocycles. The molecule has 0 unspecified atom stereocenters. The minimum absolute atomic E-state index is 0.812. The van der Waals surface area contributed by atoms with E-state index in [1.807, 2.05) is 12.1 Å². The van der Waals surface area contributed by atoms with Crippen molar-refractivity contribution in [1.82, 2.24) is 4.90 Å². The first-order valence-corrected chi connectivity index (χ1v) is 8.98. The van der Waals surface area contributed by atoms with Crippen LogP contribution in [-0.2, 0) is 0 Å². The van der Waals surface area contributed by atoms with Gasteiger partial charge >= 0.3 is 0 Å². The van der Waals surface area contributed by atoms with Crippen molar-refractivity contribution in [1.29, 1.82) is 0 Å². The number of nitrogens with one attached hydrogen (secondary N) is 1. The van der Waals surface area contributed by atoms with Crippen LogP contribution >= 0.6 is 11.6 Å². The van der Waals surface area contributed by atoms with Gasteiger partial charge in [0.05, 0.1) is 18.0 Å². The molecule has 1 N–H and O–H groups in total. The van der Waals surface area contributed by atoms with E-state index in [4.69, 9.17) is 11.6 Å². The summed E-state index contributed by atoms with van der Waals surface area (Å²) in [6.45, 7) is 7.34. The maximum Gasteiger partial charge on any atom is 0.0709 e. The van der Waals surface area contributed by atoms with Crippen LogP contribution in [0.2, 0.25) is 5.02 Å². The van der Waals surface area contributed by atoms with Crippen molar-refractivity contribution in [2.75, 3.05) is 61.1 Å². The molecule has 0 amide bonds. The van der Waals surface area contributed by atoms with E-state index in [9.17, 15) is 0 Å². The van der Waals surface area contributed by atoms with Crippen LogP contribution in [0, 0.1) is 0 Å². The summed E-state index contributed by atoms with van der Waals surface area (Å²) in [6, 6.07) is 16.8. The van der Waals surface area contributed by atoms with Crippen molar-refractivity contribution in [3.05, 3.63) is 53.6 Å². The molecule has 0 bridgehead atoms. The maximum absolute atomic E-state index is 6.12. The molecule has 0 radical (unpaired) electrons. The first kappa shape index (κ1) is 15.6. The van der Waals surface area contributed by atoms with Crippen molar-refractivity contribution in [2.45, 2.75) is 0 Å². The third-order valence-electron chi connectivity index (χ3n) is 4.86. The Morgan fingerprint density at radius 3 is 2.58 bits per heavy atom.